The van der Waals surface area contributed by atoms with Crippen LogP contribution in [0.1, 0.15) is 18.4 Å². The van der Waals surface area contributed by atoms with E-state index in [0.717, 1.165) is 36.7 Å². The van der Waals surface area contributed by atoms with Crippen molar-refractivity contribution in [3.8, 4) is 23.0 Å². The zero-order chi connectivity index (χ0) is 25.1. The topological polar surface area (TPSA) is 77.5 Å². The van der Waals surface area contributed by atoms with Gasteiger partial charge < -0.3 is 18.9 Å². The summed E-state index contributed by atoms with van der Waals surface area (Å²) in [5.41, 5.74) is 1.68. The van der Waals surface area contributed by atoms with Crippen molar-refractivity contribution in [3.05, 3.63) is 72.3 Å². The second-order valence-electron chi connectivity index (χ2n) is 8.84. The van der Waals surface area contributed by atoms with Crippen molar-refractivity contribution in [1.82, 2.24) is 4.90 Å². The van der Waals surface area contributed by atoms with Crippen molar-refractivity contribution in [2.45, 2.75) is 30.3 Å². The van der Waals surface area contributed by atoms with E-state index in [1.165, 1.54) is 0 Å². The number of methoxy groups -OCH3 is 2. The van der Waals surface area contributed by atoms with Crippen LogP contribution in [0.5, 0.6) is 23.0 Å². The third-order valence-corrected chi connectivity index (χ3v) is 8.58. The third kappa shape index (κ3) is 4.81. The lowest BCUT2D eigenvalue weighted by Gasteiger charge is -2.39. The quantitative estimate of drug-likeness (QED) is 0.447. The fourth-order valence-corrected chi connectivity index (χ4v) is 6.52. The predicted octanol–water partition coefficient (Wildman–Crippen LogP) is 4.29. The van der Waals surface area contributed by atoms with Crippen molar-refractivity contribution in [2.75, 3.05) is 38.4 Å². The van der Waals surface area contributed by atoms with Gasteiger partial charge in [0, 0.05) is 37.3 Å². The van der Waals surface area contributed by atoms with E-state index in [4.69, 9.17) is 18.9 Å². The van der Waals surface area contributed by atoms with E-state index in [0.29, 0.717) is 30.0 Å². The number of likely N-dealkylation sites (tertiary alicyclic amines) is 1. The molecule has 0 amide bonds. The van der Waals surface area contributed by atoms with Crippen LogP contribution in [0, 0.1) is 0 Å². The zero-order valence-electron chi connectivity index (χ0n) is 20.4. The zero-order valence-corrected chi connectivity index (χ0v) is 21.2. The number of hydrogen-bond donors (Lipinski definition) is 0. The molecule has 5 rings (SSSR count). The van der Waals surface area contributed by atoms with Gasteiger partial charge in [-0.15, -0.1) is 0 Å². The van der Waals surface area contributed by atoms with Crippen molar-refractivity contribution in [2.24, 2.45) is 0 Å². The van der Waals surface area contributed by atoms with E-state index in [1.54, 1.807) is 48.9 Å². The van der Waals surface area contributed by atoms with Crippen molar-refractivity contribution >= 4 is 15.7 Å². The molecule has 9 heteroatoms. The molecule has 0 unspecified atom stereocenters. The van der Waals surface area contributed by atoms with E-state index >= 15 is 0 Å². The molecule has 0 spiro atoms. The van der Waals surface area contributed by atoms with Crippen LogP contribution in [0.25, 0.3) is 0 Å². The van der Waals surface area contributed by atoms with Crippen LogP contribution in [0.4, 0.5) is 5.69 Å². The number of anilines is 1. The van der Waals surface area contributed by atoms with Gasteiger partial charge in [0.1, 0.15) is 11.5 Å². The first-order valence-corrected chi connectivity index (χ1v) is 13.4. The average Bonchev–Trinajstić information content (AvgIpc) is 3.40. The predicted molar refractivity (Wildman–Crippen MR) is 137 cm³/mol. The van der Waals surface area contributed by atoms with Crippen molar-refractivity contribution < 1.29 is 27.4 Å². The maximum Gasteiger partial charge on any atom is 0.264 e. The van der Waals surface area contributed by atoms with E-state index in [2.05, 4.69) is 11.0 Å². The number of nitrogens with zero attached hydrogens (tertiary/aromatic N) is 2. The fourth-order valence-electron chi connectivity index (χ4n) is 4.82. The summed E-state index contributed by atoms with van der Waals surface area (Å²) in [4.78, 5) is 2.56. The maximum atomic E-state index is 13.9. The van der Waals surface area contributed by atoms with E-state index < -0.39 is 10.0 Å². The number of piperidine rings is 1. The van der Waals surface area contributed by atoms with E-state index in [9.17, 15) is 8.42 Å². The van der Waals surface area contributed by atoms with Gasteiger partial charge in [-0.2, -0.15) is 0 Å². The summed E-state index contributed by atoms with van der Waals surface area (Å²) in [6.45, 7) is 2.48. The van der Waals surface area contributed by atoms with Gasteiger partial charge in [-0.05, 0) is 55.3 Å². The van der Waals surface area contributed by atoms with Crippen LogP contribution in [0.15, 0.2) is 71.6 Å². The molecule has 0 radical (unpaired) electrons. The molecule has 1 saturated heterocycles. The van der Waals surface area contributed by atoms with E-state index in [1.807, 2.05) is 30.3 Å². The Hall–Kier alpha value is -3.43. The second-order valence-corrected chi connectivity index (χ2v) is 10.7. The molecule has 1 fully saturated rings. The lowest BCUT2D eigenvalue weighted by molar-refractivity contribution is 0.169. The molecule has 2 aliphatic heterocycles. The highest BCUT2D eigenvalue weighted by atomic mass is 32.2. The Bertz CT molecular complexity index is 1300. The Kier molecular flexibility index (Phi) is 6.93. The molecule has 0 aliphatic carbocycles. The molecule has 0 N–H and O–H groups in total. The van der Waals surface area contributed by atoms with Gasteiger partial charge in [0.05, 0.1) is 24.8 Å². The molecule has 190 valence electrons. The van der Waals surface area contributed by atoms with Gasteiger partial charge >= 0.3 is 0 Å². The maximum absolute atomic E-state index is 13.9. The largest absolute Gasteiger partial charge is 0.497 e. The van der Waals surface area contributed by atoms with Crippen LogP contribution in [-0.4, -0.2) is 53.5 Å². The summed E-state index contributed by atoms with van der Waals surface area (Å²) < 4.78 is 51.2. The molecule has 0 bridgehead atoms. The Morgan fingerprint density at radius 1 is 0.917 bits per heavy atom. The first kappa shape index (κ1) is 24.3. The molecule has 36 heavy (non-hydrogen) atoms. The summed E-state index contributed by atoms with van der Waals surface area (Å²) in [5.74, 6) is 2.80. The normalized spacial score (nSPS) is 16.1. The lowest BCUT2D eigenvalue weighted by atomic mass is 10.0. The Balaban J connectivity index is 1.39. The number of ether oxygens (including phenoxy) is 4. The standard InChI is InChI=1S/C27H30N2O6S/c1-32-23-9-11-25(12-10-23)36(30,31)29(22-6-4-7-24(17-22)33-2)21-13-15-28(16-14-21)18-20-5-3-8-26-27(20)35-19-34-26/h3-12,17,21H,13-16,18-19H2,1-2H3. The summed E-state index contributed by atoms with van der Waals surface area (Å²) in [5, 5.41) is 0. The SMILES string of the molecule is COc1ccc(S(=O)(=O)N(c2cccc(OC)c2)C2CCN(Cc3cccc4c3OCO4)CC2)cc1. The number of rotatable bonds is 8. The number of sulfonamides is 1. The van der Waals surface area contributed by atoms with E-state index in [-0.39, 0.29) is 17.7 Å². The van der Waals surface area contributed by atoms with Gasteiger partial charge in [-0.25, -0.2) is 8.42 Å². The molecular formula is C27H30N2O6S. The highest BCUT2D eigenvalue weighted by Crippen LogP contribution is 2.37. The number of benzene rings is 3. The van der Waals surface area contributed by atoms with Crippen LogP contribution >= 0.6 is 0 Å². The molecule has 3 aromatic carbocycles. The molecule has 3 aromatic rings. The first-order chi connectivity index (χ1) is 17.5. The Morgan fingerprint density at radius 3 is 2.36 bits per heavy atom. The van der Waals surface area contributed by atoms with Gasteiger partial charge in [-0.1, -0.05) is 18.2 Å². The monoisotopic (exact) mass is 510 g/mol. The molecular weight excluding hydrogens is 480 g/mol. The number of para-hydroxylation sites is 1. The average molecular weight is 511 g/mol. The minimum atomic E-state index is -3.82. The Morgan fingerprint density at radius 2 is 1.64 bits per heavy atom. The third-order valence-electron chi connectivity index (χ3n) is 6.68. The molecule has 0 aromatic heterocycles. The van der Waals surface area contributed by atoms with Gasteiger partial charge in [0.25, 0.3) is 10.0 Å². The van der Waals surface area contributed by atoms with Gasteiger partial charge in [0.2, 0.25) is 6.79 Å². The van der Waals surface area contributed by atoms with Crippen LogP contribution in [-0.2, 0) is 16.6 Å². The second kappa shape index (κ2) is 10.3. The lowest BCUT2D eigenvalue weighted by Crippen LogP contribution is -2.47. The smallest absolute Gasteiger partial charge is 0.264 e. The van der Waals surface area contributed by atoms with Crippen LogP contribution < -0.4 is 23.3 Å². The first-order valence-electron chi connectivity index (χ1n) is 11.9. The van der Waals surface area contributed by atoms with Gasteiger partial charge in [-0.3, -0.25) is 9.21 Å². The summed E-state index contributed by atoms with van der Waals surface area (Å²) in [6, 6.07) is 19.5. The minimum Gasteiger partial charge on any atom is -0.497 e. The highest BCUT2D eigenvalue weighted by molar-refractivity contribution is 7.92. The van der Waals surface area contributed by atoms with Crippen LogP contribution in [0.3, 0.4) is 0 Å². The molecule has 8 nitrogen and oxygen atoms in total. The fraction of sp³-hybridized carbons (Fsp3) is 0.333. The van der Waals surface area contributed by atoms with Crippen molar-refractivity contribution in [3.63, 3.8) is 0 Å². The summed E-state index contributed by atoms with van der Waals surface area (Å²) in [7, 11) is -0.684. The summed E-state index contributed by atoms with van der Waals surface area (Å²) >= 11 is 0. The molecule has 2 aliphatic rings. The Labute approximate surface area is 212 Å². The van der Waals surface area contributed by atoms with Crippen molar-refractivity contribution in [1.29, 1.82) is 0 Å². The molecule has 2 heterocycles. The molecule has 0 saturated carbocycles. The highest BCUT2D eigenvalue weighted by Gasteiger charge is 2.35. The summed E-state index contributed by atoms with van der Waals surface area (Å²) in [6.07, 6.45) is 1.39. The minimum absolute atomic E-state index is 0.193. The molecule has 0 atom stereocenters. The van der Waals surface area contributed by atoms with Crippen LogP contribution in [0.2, 0.25) is 0 Å². The number of fused-ring (bicyclic) bond motifs is 1. The number of hydrogen-bond acceptors (Lipinski definition) is 7. The van der Waals surface area contributed by atoms with Gasteiger partial charge in [0.15, 0.2) is 11.5 Å².